The molecule has 4 N–H and O–H groups in total. The molecule has 29 heavy (non-hydrogen) atoms. The summed E-state index contributed by atoms with van der Waals surface area (Å²) in [5, 5.41) is 16.7. The average molecular weight is 406 g/mol. The van der Waals surface area contributed by atoms with Crippen LogP contribution in [0.2, 0.25) is 0 Å². The van der Waals surface area contributed by atoms with Crippen LogP contribution in [0, 0.1) is 11.3 Å². The first-order valence-corrected chi connectivity index (χ1v) is 10.6. The van der Waals surface area contributed by atoms with Gasteiger partial charge in [-0.1, -0.05) is 24.3 Å². The topological polar surface area (TPSA) is 118 Å². The zero-order valence-electron chi connectivity index (χ0n) is 15.4. The predicted octanol–water partition coefficient (Wildman–Crippen LogP) is 4.72. The van der Waals surface area contributed by atoms with Crippen molar-refractivity contribution >= 4 is 33.7 Å². The molecule has 2 aromatic heterocycles. The van der Waals surface area contributed by atoms with Crippen LogP contribution in [-0.4, -0.2) is 30.0 Å². The first kappa shape index (κ1) is 18.8. The molecule has 8 nitrogen and oxygen atoms in total. The van der Waals surface area contributed by atoms with E-state index in [1.54, 1.807) is 28.8 Å². The molecule has 0 aliphatic rings. The minimum atomic E-state index is -2.85. The van der Waals surface area contributed by atoms with E-state index in [0.29, 0.717) is 28.5 Å². The molecule has 0 saturated heterocycles. The van der Waals surface area contributed by atoms with Crippen molar-refractivity contribution in [2.75, 3.05) is 16.3 Å². The summed E-state index contributed by atoms with van der Waals surface area (Å²) >= 11 is 0. The average Bonchev–Trinajstić information content (AvgIpc) is 3.08. The van der Waals surface area contributed by atoms with E-state index >= 15 is 0 Å². The van der Waals surface area contributed by atoms with Crippen molar-refractivity contribution in [3.63, 3.8) is 0 Å². The lowest BCUT2D eigenvalue weighted by Gasteiger charge is -2.28. The van der Waals surface area contributed by atoms with Crippen LogP contribution in [0.4, 0.5) is 17.3 Å². The van der Waals surface area contributed by atoms with Gasteiger partial charge in [0.2, 0.25) is 5.95 Å². The van der Waals surface area contributed by atoms with Crippen LogP contribution in [0.25, 0.3) is 16.8 Å². The maximum atomic E-state index is 9.61. The number of fused-ring (bicyclic) bond motifs is 1. The number of rotatable bonds is 5. The number of hydrogen-bond donors (Lipinski definition) is 4. The van der Waals surface area contributed by atoms with Crippen molar-refractivity contribution in [2.24, 2.45) is 0 Å². The molecule has 0 saturated carbocycles. The minimum absolute atomic E-state index is 0.389. The van der Waals surface area contributed by atoms with Gasteiger partial charge >= 0.3 is 0 Å². The first-order chi connectivity index (χ1) is 13.9. The van der Waals surface area contributed by atoms with Gasteiger partial charge in [-0.25, -0.2) is 4.52 Å². The van der Waals surface area contributed by atoms with Gasteiger partial charge in [-0.2, -0.15) is 10.2 Å². The smallest absolute Gasteiger partial charge is 0.247 e. The van der Waals surface area contributed by atoms with Crippen LogP contribution in [0.15, 0.2) is 66.9 Å². The third-order valence-corrected chi connectivity index (χ3v) is 4.75. The maximum absolute atomic E-state index is 9.61. The van der Waals surface area contributed by atoms with Gasteiger partial charge in [0.05, 0.1) is 16.9 Å². The molecular formula is C20H18N6O2S. The highest BCUT2D eigenvalue weighted by atomic mass is 32.3. The van der Waals surface area contributed by atoms with Crippen molar-refractivity contribution in [1.82, 2.24) is 14.6 Å². The summed E-state index contributed by atoms with van der Waals surface area (Å²) in [6, 6.07) is 20.4. The van der Waals surface area contributed by atoms with Crippen molar-refractivity contribution in [3.05, 3.63) is 72.4 Å². The summed E-state index contributed by atoms with van der Waals surface area (Å²) < 4.78 is 23.6. The highest BCUT2D eigenvalue weighted by Crippen LogP contribution is 2.35. The van der Waals surface area contributed by atoms with Gasteiger partial charge in [0.15, 0.2) is 5.65 Å². The van der Waals surface area contributed by atoms with Crippen LogP contribution in [-0.2, 0) is 0 Å². The second kappa shape index (κ2) is 7.44. The fourth-order valence-electron chi connectivity index (χ4n) is 2.90. The molecule has 0 atom stereocenters. The number of nitrogens with one attached hydrogen (secondary N) is 2. The van der Waals surface area contributed by atoms with Gasteiger partial charge in [0.1, 0.15) is 6.07 Å². The largest absolute Gasteiger partial charge is 0.322 e. The Hall–Kier alpha value is -3.58. The summed E-state index contributed by atoms with van der Waals surface area (Å²) in [5.41, 5.74) is 4.20. The fraction of sp³-hybridized carbons (Fsp3) is 0.0500. The third kappa shape index (κ3) is 4.30. The van der Waals surface area contributed by atoms with Crippen molar-refractivity contribution in [1.29, 1.82) is 5.26 Å². The molecular weight excluding hydrogens is 388 g/mol. The Labute approximate surface area is 168 Å². The van der Waals surface area contributed by atoms with E-state index in [9.17, 15) is 14.4 Å². The van der Waals surface area contributed by atoms with Crippen LogP contribution < -0.4 is 10.0 Å². The second-order valence-corrected chi connectivity index (χ2v) is 8.33. The van der Waals surface area contributed by atoms with Crippen molar-refractivity contribution in [2.45, 2.75) is 0 Å². The standard InChI is InChI=1S/C20H18N6O2S/c1-29(27,28)25-17-7-4-6-14(11-17)16-9-10-19-23-20(24-26(19)13-16)22-18-8-3-2-5-15(18)12-21/h2-11,13,25,27-28H,1H3,(H,22,24). The molecule has 0 unspecified atom stereocenters. The molecule has 0 spiro atoms. The Bertz CT molecular complexity index is 1230. The van der Waals surface area contributed by atoms with Gasteiger partial charge in [0.25, 0.3) is 0 Å². The lowest BCUT2D eigenvalue weighted by atomic mass is 10.1. The quantitative estimate of drug-likeness (QED) is 0.379. The number of anilines is 3. The lowest BCUT2D eigenvalue weighted by molar-refractivity contribution is 0.502. The molecule has 0 radical (unpaired) electrons. The summed E-state index contributed by atoms with van der Waals surface area (Å²) in [6.45, 7) is 0. The third-order valence-electron chi connectivity index (χ3n) is 4.13. The first-order valence-electron chi connectivity index (χ1n) is 8.65. The zero-order chi connectivity index (χ0) is 20.4. The Balaban J connectivity index is 1.64. The van der Waals surface area contributed by atoms with E-state index in [2.05, 4.69) is 26.2 Å². The number of benzene rings is 2. The molecule has 2 aromatic carbocycles. The molecule has 0 fully saturated rings. The van der Waals surface area contributed by atoms with Gasteiger partial charge in [-0.05, 0) is 42.0 Å². The molecule has 4 aromatic rings. The molecule has 0 aliphatic heterocycles. The number of hydrogen-bond acceptors (Lipinski definition) is 7. The summed E-state index contributed by atoms with van der Waals surface area (Å²) in [7, 11) is -2.85. The van der Waals surface area contributed by atoms with Crippen molar-refractivity contribution in [3.8, 4) is 17.2 Å². The monoisotopic (exact) mass is 406 g/mol. The van der Waals surface area contributed by atoms with E-state index in [-0.39, 0.29) is 0 Å². The molecule has 0 bridgehead atoms. The Morgan fingerprint density at radius 2 is 1.86 bits per heavy atom. The SMILES string of the molecule is CS(O)(O)Nc1cccc(-c2ccc3nc(Nc4ccccc4C#N)nn3c2)c1. The Morgan fingerprint density at radius 3 is 2.66 bits per heavy atom. The number of aromatic nitrogens is 3. The van der Waals surface area contributed by atoms with Gasteiger partial charge in [-0.3, -0.25) is 13.8 Å². The summed E-state index contributed by atoms with van der Waals surface area (Å²) in [4.78, 5) is 4.44. The van der Waals surface area contributed by atoms with Crippen LogP contribution in [0.1, 0.15) is 5.56 Å². The van der Waals surface area contributed by atoms with Crippen LogP contribution in [0.5, 0.6) is 0 Å². The normalized spacial score (nSPS) is 11.8. The molecule has 0 amide bonds. The summed E-state index contributed by atoms with van der Waals surface area (Å²) in [5.74, 6) is 0.389. The highest BCUT2D eigenvalue weighted by Gasteiger charge is 2.09. The number of pyridine rings is 1. The minimum Gasteiger partial charge on any atom is -0.322 e. The fourth-order valence-corrected chi connectivity index (χ4v) is 3.48. The lowest BCUT2D eigenvalue weighted by Crippen LogP contribution is -2.06. The Morgan fingerprint density at radius 1 is 1.03 bits per heavy atom. The van der Waals surface area contributed by atoms with E-state index in [1.165, 1.54) is 6.26 Å². The van der Waals surface area contributed by atoms with Gasteiger partial charge in [-0.15, -0.1) is 15.9 Å². The van der Waals surface area contributed by atoms with Gasteiger partial charge in [0, 0.05) is 18.0 Å². The Kier molecular flexibility index (Phi) is 4.82. The number of para-hydroxylation sites is 1. The van der Waals surface area contributed by atoms with E-state index in [4.69, 9.17) is 0 Å². The molecule has 9 heteroatoms. The van der Waals surface area contributed by atoms with Gasteiger partial charge < -0.3 is 5.32 Å². The molecule has 4 rings (SSSR count). The maximum Gasteiger partial charge on any atom is 0.247 e. The second-order valence-electron chi connectivity index (χ2n) is 6.45. The number of nitriles is 1. The zero-order valence-corrected chi connectivity index (χ0v) is 16.3. The number of nitrogens with zero attached hydrogens (tertiary/aromatic N) is 4. The van der Waals surface area contributed by atoms with Crippen LogP contribution >= 0.6 is 10.8 Å². The molecule has 2 heterocycles. The predicted molar refractivity (Wildman–Crippen MR) is 115 cm³/mol. The van der Waals surface area contributed by atoms with E-state index in [1.807, 2.05) is 42.6 Å². The summed E-state index contributed by atoms with van der Waals surface area (Å²) in [6.07, 6.45) is 3.17. The van der Waals surface area contributed by atoms with E-state index < -0.39 is 10.8 Å². The molecule has 146 valence electrons. The highest BCUT2D eigenvalue weighted by molar-refractivity contribution is 8.24. The van der Waals surface area contributed by atoms with Crippen LogP contribution in [0.3, 0.4) is 0 Å². The van der Waals surface area contributed by atoms with Crippen molar-refractivity contribution < 1.29 is 9.11 Å². The molecule has 0 aliphatic carbocycles. The van der Waals surface area contributed by atoms with E-state index in [0.717, 1.165) is 11.1 Å².